The van der Waals surface area contributed by atoms with Gasteiger partial charge in [0.1, 0.15) is 18.0 Å². The summed E-state index contributed by atoms with van der Waals surface area (Å²) in [6.07, 6.45) is -1.06. The molecule has 2 aromatic rings. The lowest BCUT2D eigenvalue weighted by Crippen LogP contribution is -2.35. The summed E-state index contributed by atoms with van der Waals surface area (Å²) in [5, 5.41) is 5.48. The summed E-state index contributed by atoms with van der Waals surface area (Å²) in [7, 11) is 2.92. The van der Waals surface area contributed by atoms with E-state index in [-0.39, 0.29) is 5.56 Å². The van der Waals surface area contributed by atoms with Crippen molar-refractivity contribution in [3.8, 4) is 11.5 Å². The molecule has 2 rings (SSSR count). The molecule has 2 aromatic carbocycles. The van der Waals surface area contributed by atoms with E-state index >= 15 is 0 Å². The minimum atomic E-state index is -1.06. The lowest BCUT2D eigenvalue weighted by Gasteiger charge is -2.14. The van der Waals surface area contributed by atoms with Crippen LogP contribution in [-0.4, -0.2) is 44.7 Å². The number of amides is 2. The topological polar surface area (TPSA) is 103 Å². The van der Waals surface area contributed by atoms with E-state index in [0.717, 1.165) is 0 Å². The highest BCUT2D eigenvalue weighted by molar-refractivity contribution is 6.30. The average molecular weight is 421 g/mol. The van der Waals surface area contributed by atoms with Crippen molar-refractivity contribution in [2.75, 3.05) is 26.1 Å². The molecule has 0 unspecified atom stereocenters. The van der Waals surface area contributed by atoms with Gasteiger partial charge in [-0.15, -0.1) is 0 Å². The Morgan fingerprint density at radius 3 is 2.28 bits per heavy atom. The molecule has 0 aliphatic heterocycles. The number of hydrogen-bond donors (Lipinski definition) is 2. The molecule has 8 nitrogen and oxygen atoms in total. The Morgan fingerprint density at radius 1 is 1.03 bits per heavy atom. The maximum absolute atomic E-state index is 12.3. The van der Waals surface area contributed by atoms with Gasteiger partial charge in [-0.1, -0.05) is 17.7 Å². The molecule has 0 saturated carbocycles. The van der Waals surface area contributed by atoms with Crippen LogP contribution in [0.5, 0.6) is 11.5 Å². The van der Waals surface area contributed by atoms with Crippen molar-refractivity contribution >= 4 is 35.1 Å². The molecule has 0 aliphatic carbocycles. The van der Waals surface area contributed by atoms with Gasteiger partial charge in [-0.3, -0.25) is 14.4 Å². The first-order valence-corrected chi connectivity index (χ1v) is 8.97. The zero-order valence-electron chi connectivity index (χ0n) is 16.2. The van der Waals surface area contributed by atoms with Crippen molar-refractivity contribution < 1.29 is 28.6 Å². The second-order valence-electron chi connectivity index (χ2n) is 5.92. The number of hydrogen-bond acceptors (Lipinski definition) is 6. The third kappa shape index (κ3) is 6.69. The number of carbonyl (C=O) groups excluding carboxylic acids is 3. The zero-order valence-corrected chi connectivity index (χ0v) is 16.9. The Labute approximate surface area is 173 Å². The number of methoxy groups -OCH3 is 2. The minimum absolute atomic E-state index is 0.251. The van der Waals surface area contributed by atoms with Crippen LogP contribution in [0.4, 0.5) is 5.69 Å². The minimum Gasteiger partial charge on any atom is -0.497 e. The smallest absolute Gasteiger partial charge is 0.326 e. The molecule has 29 heavy (non-hydrogen) atoms. The molecule has 0 radical (unpaired) electrons. The van der Waals surface area contributed by atoms with Gasteiger partial charge in [0, 0.05) is 22.3 Å². The van der Waals surface area contributed by atoms with Gasteiger partial charge >= 0.3 is 5.97 Å². The summed E-state index contributed by atoms with van der Waals surface area (Å²) in [5.41, 5.74) is 0.728. The number of benzene rings is 2. The van der Waals surface area contributed by atoms with Crippen molar-refractivity contribution in [1.29, 1.82) is 0 Å². The second kappa shape index (κ2) is 10.3. The van der Waals surface area contributed by atoms with Crippen LogP contribution in [0.25, 0.3) is 0 Å². The summed E-state index contributed by atoms with van der Waals surface area (Å²) < 4.78 is 15.3. The average Bonchev–Trinajstić information content (AvgIpc) is 2.71. The summed E-state index contributed by atoms with van der Waals surface area (Å²) in [5.74, 6) is -0.937. The largest absolute Gasteiger partial charge is 0.497 e. The van der Waals surface area contributed by atoms with Crippen molar-refractivity contribution in [3.05, 3.63) is 53.1 Å². The van der Waals surface area contributed by atoms with Gasteiger partial charge < -0.3 is 24.8 Å². The van der Waals surface area contributed by atoms with E-state index < -0.39 is 30.4 Å². The summed E-state index contributed by atoms with van der Waals surface area (Å²) in [6, 6.07) is 11.2. The van der Waals surface area contributed by atoms with Gasteiger partial charge in [-0.2, -0.15) is 0 Å². The number of anilines is 1. The Balaban J connectivity index is 1.87. The standard InChI is InChI=1S/C20H21ClN2O6/c1-12(19(25)23-15-6-4-5-14(21)9-15)29-18(24)11-22-20(26)13-7-16(27-2)10-17(8-13)28-3/h4-10,12H,11H2,1-3H3,(H,22,26)(H,23,25)/t12-/m1/s1. The number of rotatable bonds is 8. The van der Waals surface area contributed by atoms with Gasteiger partial charge in [-0.05, 0) is 37.3 Å². The summed E-state index contributed by atoms with van der Waals surface area (Å²) in [6.45, 7) is 1.01. The van der Waals surface area contributed by atoms with E-state index in [2.05, 4.69) is 10.6 Å². The van der Waals surface area contributed by atoms with Crippen LogP contribution >= 0.6 is 11.6 Å². The first kappa shape index (κ1) is 22.0. The van der Waals surface area contributed by atoms with Crippen LogP contribution in [0, 0.1) is 0 Å². The quantitative estimate of drug-likeness (QED) is 0.636. The lowest BCUT2D eigenvalue weighted by atomic mass is 10.2. The van der Waals surface area contributed by atoms with Crippen LogP contribution in [0.3, 0.4) is 0 Å². The number of esters is 1. The summed E-state index contributed by atoms with van der Waals surface area (Å²) in [4.78, 5) is 36.3. The van der Waals surface area contributed by atoms with Gasteiger partial charge in [-0.25, -0.2) is 0 Å². The van der Waals surface area contributed by atoms with Crippen molar-refractivity contribution in [2.24, 2.45) is 0 Å². The third-order valence-corrected chi connectivity index (χ3v) is 4.01. The first-order valence-electron chi connectivity index (χ1n) is 8.59. The Kier molecular flexibility index (Phi) is 7.85. The molecule has 2 N–H and O–H groups in total. The Morgan fingerprint density at radius 2 is 1.69 bits per heavy atom. The molecule has 0 bridgehead atoms. The predicted octanol–water partition coefficient (Wildman–Crippen LogP) is 2.66. The highest BCUT2D eigenvalue weighted by atomic mass is 35.5. The van der Waals surface area contributed by atoms with Crippen LogP contribution in [0.2, 0.25) is 5.02 Å². The molecule has 0 aromatic heterocycles. The second-order valence-corrected chi connectivity index (χ2v) is 6.35. The molecule has 0 aliphatic rings. The summed E-state index contributed by atoms with van der Waals surface area (Å²) >= 11 is 5.86. The lowest BCUT2D eigenvalue weighted by molar-refractivity contribution is -0.152. The highest BCUT2D eigenvalue weighted by Crippen LogP contribution is 2.22. The van der Waals surface area contributed by atoms with E-state index in [1.165, 1.54) is 33.3 Å². The van der Waals surface area contributed by atoms with E-state index in [1.807, 2.05) is 0 Å². The van der Waals surface area contributed by atoms with Crippen LogP contribution < -0.4 is 20.1 Å². The molecule has 154 valence electrons. The molecule has 0 fully saturated rings. The van der Waals surface area contributed by atoms with Crippen molar-refractivity contribution in [2.45, 2.75) is 13.0 Å². The SMILES string of the molecule is COc1cc(OC)cc(C(=O)NCC(=O)O[C@H](C)C(=O)Nc2cccc(Cl)c2)c1. The normalized spacial score (nSPS) is 11.2. The van der Waals surface area contributed by atoms with Crippen molar-refractivity contribution in [1.82, 2.24) is 5.32 Å². The van der Waals surface area contributed by atoms with Gasteiger partial charge in [0.15, 0.2) is 6.10 Å². The monoisotopic (exact) mass is 420 g/mol. The number of ether oxygens (including phenoxy) is 3. The van der Waals surface area contributed by atoms with E-state index in [9.17, 15) is 14.4 Å². The van der Waals surface area contributed by atoms with Gasteiger partial charge in [0.2, 0.25) is 0 Å². The van der Waals surface area contributed by atoms with E-state index in [0.29, 0.717) is 22.2 Å². The molecule has 2 amide bonds. The maximum Gasteiger partial charge on any atom is 0.326 e. The molecule has 0 spiro atoms. The molecule has 0 saturated heterocycles. The molecule has 1 atom stereocenters. The molecule has 0 heterocycles. The highest BCUT2D eigenvalue weighted by Gasteiger charge is 2.19. The molecule has 9 heteroatoms. The van der Waals surface area contributed by atoms with Crippen LogP contribution in [-0.2, 0) is 14.3 Å². The van der Waals surface area contributed by atoms with Gasteiger partial charge in [0.25, 0.3) is 11.8 Å². The first-order chi connectivity index (χ1) is 13.8. The third-order valence-electron chi connectivity index (χ3n) is 3.78. The fourth-order valence-electron chi connectivity index (χ4n) is 2.30. The zero-order chi connectivity index (χ0) is 21.4. The predicted molar refractivity (Wildman–Crippen MR) is 108 cm³/mol. The van der Waals surface area contributed by atoms with Crippen LogP contribution in [0.1, 0.15) is 17.3 Å². The molecular formula is C20H21ClN2O6. The molecular weight excluding hydrogens is 400 g/mol. The number of halogens is 1. The number of nitrogens with one attached hydrogen (secondary N) is 2. The fraction of sp³-hybridized carbons (Fsp3) is 0.250. The van der Waals surface area contributed by atoms with Crippen molar-refractivity contribution in [3.63, 3.8) is 0 Å². The van der Waals surface area contributed by atoms with E-state index in [1.54, 1.807) is 30.3 Å². The van der Waals surface area contributed by atoms with Gasteiger partial charge in [0.05, 0.1) is 14.2 Å². The number of carbonyl (C=O) groups is 3. The Bertz CT molecular complexity index is 880. The van der Waals surface area contributed by atoms with Crippen LogP contribution in [0.15, 0.2) is 42.5 Å². The Hall–Kier alpha value is -3.26. The van der Waals surface area contributed by atoms with E-state index in [4.69, 9.17) is 25.8 Å². The fourth-order valence-corrected chi connectivity index (χ4v) is 2.49. The maximum atomic E-state index is 12.3.